The number of nitrogens with zero attached hydrogens (tertiary/aromatic N) is 4. The first-order valence-corrected chi connectivity index (χ1v) is 11.0. The molecule has 0 saturated heterocycles. The number of aromatic nitrogens is 3. The van der Waals surface area contributed by atoms with E-state index in [0.717, 1.165) is 4.57 Å². The van der Waals surface area contributed by atoms with Crippen LogP contribution >= 0.6 is 0 Å². The molecule has 0 radical (unpaired) electrons. The maximum atomic E-state index is 13.9. The van der Waals surface area contributed by atoms with E-state index in [2.05, 4.69) is 15.3 Å². The molecule has 0 fully saturated rings. The number of pyridine rings is 1. The zero-order chi connectivity index (χ0) is 26.2. The highest BCUT2D eigenvalue weighted by Crippen LogP contribution is 2.36. The normalized spacial score (nSPS) is 14.5. The Hall–Kier alpha value is -3.61. The zero-order valence-corrected chi connectivity index (χ0v) is 19.0. The zero-order valence-electron chi connectivity index (χ0n) is 19.0. The van der Waals surface area contributed by atoms with Crippen LogP contribution in [0.2, 0.25) is 0 Å². The highest BCUT2D eigenvalue weighted by atomic mass is 19.4. The van der Waals surface area contributed by atoms with Gasteiger partial charge in [0, 0.05) is 50.4 Å². The van der Waals surface area contributed by atoms with Crippen molar-refractivity contribution >= 4 is 11.7 Å². The second-order valence-corrected chi connectivity index (χ2v) is 8.40. The molecule has 3 aromatic rings. The Labute approximate surface area is 201 Å². The van der Waals surface area contributed by atoms with Crippen molar-refractivity contribution in [3.63, 3.8) is 0 Å². The number of rotatable bonds is 6. The van der Waals surface area contributed by atoms with Gasteiger partial charge >= 0.3 is 6.18 Å². The van der Waals surface area contributed by atoms with Crippen LogP contribution in [-0.2, 0) is 30.5 Å². The van der Waals surface area contributed by atoms with E-state index in [4.69, 9.17) is 5.73 Å². The van der Waals surface area contributed by atoms with Gasteiger partial charge in [0.05, 0.1) is 17.9 Å². The van der Waals surface area contributed by atoms with E-state index in [0.29, 0.717) is 23.5 Å². The third kappa shape index (κ3) is 5.15. The van der Waals surface area contributed by atoms with Crippen LogP contribution < -0.4 is 11.1 Å². The molecule has 0 aliphatic carbocycles. The molecular formula is C23H22F6N6O. The number of carbonyl (C=O) groups excluding carboxylic acids is 1. The van der Waals surface area contributed by atoms with E-state index in [1.54, 1.807) is 19.2 Å². The SMILES string of the molecule is CNc1ccc(-c2nc(C(F)(F)F)n3c2CN(C(=O)CC(N)Cc2cc(F)c(F)cc2F)CC3)cn1. The summed E-state index contributed by atoms with van der Waals surface area (Å²) in [6.45, 7) is -0.316. The van der Waals surface area contributed by atoms with Gasteiger partial charge in [-0.25, -0.2) is 23.1 Å². The van der Waals surface area contributed by atoms with E-state index in [9.17, 15) is 31.1 Å². The fourth-order valence-electron chi connectivity index (χ4n) is 4.14. The van der Waals surface area contributed by atoms with Crippen molar-refractivity contribution in [1.82, 2.24) is 19.4 Å². The number of alkyl halides is 3. The van der Waals surface area contributed by atoms with Crippen molar-refractivity contribution < 1.29 is 31.1 Å². The highest BCUT2D eigenvalue weighted by molar-refractivity contribution is 5.77. The lowest BCUT2D eigenvalue weighted by atomic mass is 10.0. The first-order valence-electron chi connectivity index (χ1n) is 11.0. The summed E-state index contributed by atoms with van der Waals surface area (Å²) in [7, 11) is 1.65. The minimum atomic E-state index is -4.70. The number of hydrogen-bond donors (Lipinski definition) is 2. The van der Waals surface area contributed by atoms with Crippen LogP contribution in [0.15, 0.2) is 30.5 Å². The average Bonchev–Trinajstić information content (AvgIpc) is 3.22. The summed E-state index contributed by atoms with van der Waals surface area (Å²) < 4.78 is 82.6. The lowest BCUT2D eigenvalue weighted by Crippen LogP contribution is -2.42. The Morgan fingerprint density at radius 1 is 1.14 bits per heavy atom. The van der Waals surface area contributed by atoms with Crippen molar-refractivity contribution in [3.8, 4) is 11.3 Å². The maximum Gasteiger partial charge on any atom is 0.449 e. The maximum absolute atomic E-state index is 13.9. The van der Waals surface area contributed by atoms with Gasteiger partial charge in [-0.15, -0.1) is 0 Å². The number of fused-ring (bicyclic) bond motifs is 1. The van der Waals surface area contributed by atoms with Crippen LogP contribution in [0.25, 0.3) is 11.3 Å². The van der Waals surface area contributed by atoms with Crippen molar-refractivity contribution in [1.29, 1.82) is 0 Å². The van der Waals surface area contributed by atoms with Crippen LogP contribution in [0.4, 0.5) is 32.2 Å². The third-order valence-corrected chi connectivity index (χ3v) is 5.91. The van der Waals surface area contributed by atoms with Gasteiger partial charge in [-0.2, -0.15) is 13.2 Å². The minimum absolute atomic E-state index is 0.0199. The van der Waals surface area contributed by atoms with Gasteiger partial charge in [0.25, 0.3) is 0 Å². The molecule has 36 heavy (non-hydrogen) atoms. The van der Waals surface area contributed by atoms with Gasteiger partial charge in [0.2, 0.25) is 11.7 Å². The number of imidazole rings is 1. The summed E-state index contributed by atoms with van der Waals surface area (Å²) in [6.07, 6.45) is -3.81. The fourth-order valence-corrected chi connectivity index (χ4v) is 4.14. The Balaban J connectivity index is 1.54. The molecular weight excluding hydrogens is 490 g/mol. The minimum Gasteiger partial charge on any atom is -0.373 e. The summed E-state index contributed by atoms with van der Waals surface area (Å²) in [4.78, 5) is 22.2. The summed E-state index contributed by atoms with van der Waals surface area (Å²) in [5, 5.41) is 2.82. The Kier molecular flexibility index (Phi) is 6.94. The summed E-state index contributed by atoms with van der Waals surface area (Å²) in [6, 6.07) is 3.34. The quantitative estimate of drug-likeness (QED) is 0.388. The smallest absolute Gasteiger partial charge is 0.373 e. The Bertz CT molecular complexity index is 1270. The fraction of sp³-hybridized carbons (Fsp3) is 0.348. The molecule has 1 aliphatic rings. The first kappa shape index (κ1) is 25.5. The molecule has 1 atom stereocenters. The number of nitrogens with two attached hydrogens (primary N) is 1. The van der Waals surface area contributed by atoms with Crippen LogP contribution in [0.5, 0.6) is 0 Å². The second-order valence-electron chi connectivity index (χ2n) is 8.40. The number of carbonyl (C=O) groups is 1. The summed E-state index contributed by atoms with van der Waals surface area (Å²) in [5.74, 6) is -4.58. The lowest BCUT2D eigenvalue weighted by molar-refractivity contribution is -0.148. The second kappa shape index (κ2) is 9.80. The molecule has 0 bridgehead atoms. The molecule has 7 nitrogen and oxygen atoms in total. The van der Waals surface area contributed by atoms with Crippen molar-refractivity contribution in [2.45, 2.75) is 38.1 Å². The number of anilines is 1. The van der Waals surface area contributed by atoms with E-state index in [-0.39, 0.29) is 49.4 Å². The predicted octanol–water partition coefficient (Wildman–Crippen LogP) is 3.73. The lowest BCUT2D eigenvalue weighted by Gasteiger charge is -2.30. The number of amides is 1. The van der Waals surface area contributed by atoms with Crippen LogP contribution in [0.3, 0.4) is 0 Å². The van der Waals surface area contributed by atoms with E-state index >= 15 is 0 Å². The predicted molar refractivity (Wildman–Crippen MR) is 118 cm³/mol. The molecule has 4 rings (SSSR count). The van der Waals surface area contributed by atoms with Crippen LogP contribution in [-0.4, -0.2) is 45.0 Å². The molecule has 3 heterocycles. The molecule has 0 saturated carbocycles. The number of benzene rings is 1. The van der Waals surface area contributed by atoms with Crippen molar-refractivity contribution in [3.05, 3.63) is 65.0 Å². The molecule has 1 amide bonds. The number of nitrogens with one attached hydrogen (secondary N) is 1. The molecule has 13 heteroatoms. The van der Waals surface area contributed by atoms with Crippen LogP contribution in [0.1, 0.15) is 23.5 Å². The van der Waals surface area contributed by atoms with E-state index in [1.165, 1.54) is 11.1 Å². The highest BCUT2D eigenvalue weighted by Gasteiger charge is 2.41. The molecule has 1 aliphatic heterocycles. The number of halogens is 6. The van der Waals surface area contributed by atoms with Gasteiger partial charge in [0.15, 0.2) is 11.6 Å². The molecule has 192 valence electrons. The standard InChI is InChI=1S/C23H22F6N6O/c1-31-19-3-2-12(10-32-19)21-18-11-34(4-5-35(18)22(33-21)23(27,28)29)20(36)8-14(30)6-13-7-16(25)17(26)9-15(13)24/h2-3,7,9-10,14H,4-6,8,11,30H2,1H3,(H,31,32). The average molecular weight is 512 g/mol. The third-order valence-electron chi connectivity index (χ3n) is 5.91. The van der Waals surface area contributed by atoms with Gasteiger partial charge in [-0.3, -0.25) is 4.79 Å². The Morgan fingerprint density at radius 2 is 1.86 bits per heavy atom. The number of hydrogen-bond acceptors (Lipinski definition) is 5. The Morgan fingerprint density at radius 3 is 2.50 bits per heavy atom. The molecule has 1 aromatic carbocycles. The molecule has 0 spiro atoms. The van der Waals surface area contributed by atoms with Crippen molar-refractivity contribution in [2.75, 3.05) is 18.9 Å². The first-order chi connectivity index (χ1) is 17.0. The van der Waals surface area contributed by atoms with E-state index in [1.807, 2.05) is 0 Å². The monoisotopic (exact) mass is 512 g/mol. The van der Waals surface area contributed by atoms with Gasteiger partial charge in [0.1, 0.15) is 11.6 Å². The van der Waals surface area contributed by atoms with Crippen molar-refractivity contribution in [2.24, 2.45) is 5.73 Å². The van der Waals surface area contributed by atoms with Crippen LogP contribution in [0, 0.1) is 17.5 Å². The topological polar surface area (TPSA) is 89.1 Å². The molecule has 1 unspecified atom stereocenters. The van der Waals surface area contributed by atoms with Gasteiger partial charge in [-0.1, -0.05) is 0 Å². The van der Waals surface area contributed by atoms with Gasteiger partial charge < -0.3 is 20.5 Å². The summed E-state index contributed by atoms with van der Waals surface area (Å²) >= 11 is 0. The largest absolute Gasteiger partial charge is 0.449 e. The van der Waals surface area contributed by atoms with Gasteiger partial charge in [-0.05, 0) is 30.2 Å². The van der Waals surface area contributed by atoms with E-state index < -0.39 is 41.4 Å². The summed E-state index contributed by atoms with van der Waals surface area (Å²) in [5.41, 5.74) is 6.39. The molecule has 3 N–H and O–H groups in total. The molecule has 2 aromatic heterocycles.